The van der Waals surface area contributed by atoms with E-state index in [0.717, 1.165) is 11.1 Å². The van der Waals surface area contributed by atoms with Gasteiger partial charge in [-0.1, -0.05) is 18.2 Å². The number of amides is 1. The minimum atomic E-state index is -0.496. The molecule has 2 aromatic carbocycles. The standard InChI is InChI=1S/C17H16FNO4/c18-14-4-1-12(2-5-14)7-8-19-17(20)21-10-13-3-6-15-16(9-13)23-11-22-15/h1-6,9H,7-8,10-11H2,(H,19,20). The molecule has 0 radical (unpaired) electrons. The fourth-order valence-corrected chi connectivity index (χ4v) is 2.19. The molecule has 0 unspecified atom stereocenters. The maximum absolute atomic E-state index is 12.8. The first-order valence-corrected chi connectivity index (χ1v) is 7.24. The highest BCUT2D eigenvalue weighted by Crippen LogP contribution is 2.32. The smallest absolute Gasteiger partial charge is 0.407 e. The highest BCUT2D eigenvalue weighted by Gasteiger charge is 2.13. The van der Waals surface area contributed by atoms with Gasteiger partial charge in [-0.25, -0.2) is 9.18 Å². The van der Waals surface area contributed by atoms with E-state index in [1.165, 1.54) is 12.1 Å². The van der Waals surface area contributed by atoms with Gasteiger partial charge in [-0.3, -0.25) is 0 Å². The summed E-state index contributed by atoms with van der Waals surface area (Å²) >= 11 is 0. The number of carbonyl (C=O) groups is 1. The van der Waals surface area contributed by atoms with Crippen LogP contribution < -0.4 is 14.8 Å². The molecule has 1 heterocycles. The molecule has 2 aromatic rings. The van der Waals surface area contributed by atoms with Crippen molar-refractivity contribution >= 4 is 6.09 Å². The summed E-state index contributed by atoms with van der Waals surface area (Å²) in [6, 6.07) is 11.6. The third-order valence-electron chi connectivity index (χ3n) is 3.40. The maximum atomic E-state index is 12.8. The second kappa shape index (κ2) is 7.00. The number of nitrogens with one attached hydrogen (secondary N) is 1. The van der Waals surface area contributed by atoms with Crippen LogP contribution in [-0.2, 0) is 17.8 Å². The summed E-state index contributed by atoms with van der Waals surface area (Å²) in [6.07, 6.45) is 0.115. The van der Waals surface area contributed by atoms with Crippen molar-refractivity contribution < 1.29 is 23.4 Å². The molecule has 1 amide bonds. The second-order valence-electron chi connectivity index (χ2n) is 5.07. The van der Waals surface area contributed by atoms with E-state index in [4.69, 9.17) is 14.2 Å². The molecule has 0 spiro atoms. The van der Waals surface area contributed by atoms with E-state index in [2.05, 4.69) is 5.32 Å². The lowest BCUT2D eigenvalue weighted by Crippen LogP contribution is -2.26. The zero-order valence-electron chi connectivity index (χ0n) is 12.4. The molecular weight excluding hydrogens is 301 g/mol. The predicted molar refractivity (Wildman–Crippen MR) is 80.9 cm³/mol. The van der Waals surface area contributed by atoms with E-state index in [9.17, 15) is 9.18 Å². The number of ether oxygens (including phenoxy) is 3. The fourth-order valence-electron chi connectivity index (χ4n) is 2.19. The van der Waals surface area contributed by atoms with Crippen LogP contribution >= 0.6 is 0 Å². The van der Waals surface area contributed by atoms with Crippen molar-refractivity contribution in [3.8, 4) is 11.5 Å². The second-order valence-corrected chi connectivity index (χ2v) is 5.07. The van der Waals surface area contributed by atoms with E-state index < -0.39 is 6.09 Å². The monoisotopic (exact) mass is 317 g/mol. The van der Waals surface area contributed by atoms with Crippen molar-refractivity contribution in [3.05, 3.63) is 59.4 Å². The Morgan fingerprint density at radius 2 is 1.83 bits per heavy atom. The van der Waals surface area contributed by atoms with Crippen LogP contribution in [0.5, 0.6) is 11.5 Å². The van der Waals surface area contributed by atoms with Crippen LogP contribution in [0.4, 0.5) is 9.18 Å². The lowest BCUT2D eigenvalue weighted by atomic mass is 10.1. The van der Waals surface area contributed by atoms with Gasteiger partial charge in [-0.2, -0.15) is 0 Å². The van der Waals surface area contributed by atoms with Crippen molar-refractivity contribution in [1.82, 2.24) is 5.32 Å². The highest BCUT2D eigenvalue weighted by atomic mass is 19.1. The fraction of sp³-hybridized carbons (Fsp3) is 0.235. The lowest BCUT2D eigenvalue weighted by molar-refractivity contribution is 0.139. The van der Waals surface area contributed by atoms with Crippen LogP contribution in [0, 0.1) is 5.82 Å². The molecule has 0 saturated heterocycles. The van der Waals surface area contributed by atoms with Gasteiger partial charge in [0.25, 0.3) is 0 Å². The molecule has 0 atom stereocenters. The van der Waals surface area contributed by atoms with E-state index in [0.29, 0.717) is 24.5 Å². The number of carbonyl (C=O) groups excluding carboxylic acids is 1. The van der Waals surface area contributed by atoms with Gasteiger partial charge in [0, 0.05) is 6.54 Å². The molecule has 23 heavy (non-hydrogen) atoms. The molecule has 1 aliphatic heterocycles. The number of benzene rings is 2. The third-order valence-corrected chi connectivity index (χ3v) is 3.40. The zero-order valence-corrected chi connectivity index (χ0v) is 12.4. The van der Waals surface area contributed by atoms with E-state index in [1.54, 1.807) is 24.3 Å². The van der Waals surface area contributed by atoms with Crippen molar-refractivity contribution in [3.63, 3.8) is 0 Å². The molecule has 0 bridgehead atoms. The first kappa shape index (κ1) is 15.1. The van der Waals surface area contributed by atoms with Crippen LogP contribution in [-0.4, -0.2) is 19.4 Å². The highest BCUT2D eigenvalue weighted by molar-refractivity contribution is 5.67. The van der Waals surface area contributed by atoms with Crippen molar-refractivity contribution in [2.75, 3.05) is 13.3 Å². The van der Waals surface area contributed by atoms with Crippen LogP contribution in [0.2, 0.25) is 0 Å². The molecule has 0 aromatic heterocycles. The first-order chi connectivity index (χ1) is 11.2. The predicted octanol–water partition coefficient (Wildman–Crippen LogP) is 3.02. The quantitative estimate of drug-likeness (QED) is 0.921. The summed E-state index contributed by atoms with van der Waals surface area (Å²) in [6.45, 7) is 0.786. The number of hydrogen-bond donors (Lipinski definition) is 1. The maximum Gasteiger partial charge on any atom is 0.407 e. The summed E-state index contributed by atoms with van der Waals surface area (Å²) in [4.78, 5) is 11.6. The average Bonchev–Trinajstić information content (AvgIpc) is 3.02. The SMILES string of the molecule is O=C(NCCc1ccc(F)cc1)OCc1ccc2c(c1)OCO2. The molecular formula is C17H16FNO4. The van der Waals surface area contributed by atoms with Gasteiger partial charge in [0.2, 0.25) is 6.79 Å². The summed E-state index contributed by atoms with van der Waals surface area (Å²) in [5.74, 6) is 1.07. The molecule has 6 heteroatoms. The molecule has 0 fully saturated rings. The van der Waals surface area contributed by atoms with Gasteiger partial charge in [-0.05, 0) is 41.8 Å². The molecule has 5 nitrogen and oxygen atoms in total. The Bertz CT molecular complexity index is 687. The molecule has 120 valence electrons. The number of fused-ring (bicyclic) bond motifs is 1. The third kappa shape index (κ3) is 4.12. The molecule has 1 aliphatic rings. The zero-order chi connectivity index (χ0) is 16.1. The van der Waals surface area contributed by atoms with Crippen LogP contribution in [0.3, 0.4) is 0 Å². The van der Waals surface area contributed by atoms with E-state index in [-0.39, 0.29) is 19.2 Å². The molecule has 0 saturated carbocycles. The van der Waals surface area contributed by atoms with Crippen molar-refractivity contribution in [1.29, 1.82) is 0 Å². The number of alkyl carbamates (subject to hydrolysis) is 1. The Morgan fingerprint density at radius 3 is 2.65 bits per heavy atom. The number of rotatable bonds is 5. The van der Waals surface area contributed by atoms with Crippen molar-refractivity contribution in [2.45, 2.75) is 13.0 Å². The molecule has 3 rings (SSSR count). The van der Waals surface area contributed by atoms with Gasteiger partial charge >= 0.3 is 6.09 Å². The first-order valence-electron chi connectivity index (χ1n) is 7.24. The van der Waals surface area contributed by atoms with Gasteiger partial charge in [0.05, 0.1) is 0 Å². The molecule has 0 aliphatic carbocycles. The lowest BCUT2D eigenvalue weighted by Gasteiger charge is -2.08. The van der Waals surface area contributed by atoms with Gasteiger partial charge in [-0.15, -0.1) is 0 Å². The van der Waals surface area contributed by atoms with Crippen LogP contribution in [0.1, 0.15) is 11.1 Å². The van der Waals surface area contributed by atoms with E-state index in [1.807, 2.05) is 6.07 Å². The van der Waals surface area contributed by atoms with Gasteiger partial charge < -0.3 is 19.5 Å². The van der Waals surface area contributed by atoms with Gasteiger partial charge in [0.1, 0.15) is 12.4 Å². The van der Waals surface area contributed by atoms with Crippen LogP contribution in [0.25, 0.3) is 0 Å². The van der Waals surface area contributed by atoms with E-state index >= 15 is 0 Å². The largest absolute Gasteiger partial charge is 0.454 e. The van der Waals surface area contributed by atoms with Gasteiger partial charge in [0.15, 0.2) is 11.5 Å². The Kier molecular flexibility index (Phi) is 4.61. The number of hydrogen-bond acceptors (Lipinski definition) is 4. The Hall–Kier alpha value is -2.76. The summed E-state index contributed by atoms with van der Waals surface area (Å²) in [5, 5.41) is 2.66. The average molecular weight is 317 g/mol. The Morgan fingerprint density at radius 1 is 1.09 bits per heavy atom. The van der Waals surface area contributed by atoms with Crippen LogP contribution in [0.15, 0.2) is 42.5 Å². The Labute approximate surface area is 133 Å². The Balaban J connectivity index is 1.40. The van der Waals surface area contributed by atoms with Crippen molar-refractivity contribution in [2.24, 2.45) is 0 Å². The minimum Gasteiger partial charge on any atom is -0.454 e. The summed E-state index contributed by atoms with van der Waals surface area (Å²) in [5.41, 5.74) is 1.77. The molecule has 1 N–H and O–H groups in total. The topological polar surface area (TPSA) is 56.8 Å². The summed E-state index contributed by atoms with van der Waals surface area (Å²) in [7, 11) is 0. The number of halogens is 1. The minimum absolute atomic E-state index is 0.152. The normalized spacial score (nSPS) is 12.0. The summed E-state index contributed by atoms with van der Waals surface area (Å²) < 4.78 is 28.4.